The van der Waals surface area contributed by atoms with Gasteiger partial charge in [0.2, 0.25) is 0 Å². The molecule has 166 valence electrons. The minimum absolute atomic E-state index is 0.747. The molecule has 3 aromatic rings. The highest BCUT2D eigenvalue weighted by atomic mass is 15.4. The second-order valence-electron chi connectivity index (χ2n) is 8.15. The van der Waals surface area contributed by atoms with Crippen LogP contribution in [0.5, 0.6) is 0 Å². The van der Waals surface area contributed by atoms with Gasteiger partial charge in [-0.2, -0.15) is 0 Å². The van der Waals surface area contributed by atoms with Gasteiger partial charge >= 0.3 is 0 Å². The molecule has 0 bridgehead atoms. The Morgan fingerprint density at radius 3 is 1.20 bits per heavy atom. The van der Waals surface area contributed by atoms with Crippen molar-refractivity contribution in [2.24, 2.45) is 11.8 Å². The van der Waals surface area contributed by atoms with Crippen molar-refractivity contribution in [1.82, 2.24) is 30.0 Å². The summed E-state index contributed by atoms with van der Waals surface area (Å²) in [6.07, 6.45) is 8.56. The zero-order valence-corrected chi connectivity index (χ0v) is 19.7. The predicted octanol–water partition coefficient (Wildman–Crippen LogP) is 5.46. The molecule has 6 heteroatoms. The van der Waals surface area contributed by atoms with Gasteiger partial charge in [-0.05, 0) is 51.4 Å². The van der Waals surface area contributed by atoms with Crippen LogP contribution < -0.4 is 0 Å². The molecule has 0 aliphatic heterocycles. The molecule has 0 radical (unpaired) electrons. The van der Waals surface area contributed by atoms with Crippen LogP contribution in [0.3, 0.4) is 0 Å². The Balaban J connectivity index is 0.000000237. The zero-order chi connectivity index (χ0) is 22.2. The van der Waals surface area contributed by atoms with E-state index in [2.05, 4.69) is 62.2 Å². The van der Waals surface area contributed by atoms with Crippen molar-refractivity contribution in [3.63, 3.8) is 0 Å². The molecular weight excluding hydrogens is 372 g/mol. The van der Waals surface area contributed by atoms with Crippen LogP contribution in [0.4, 0.5) is 0 Å². The Bertz CT molecular complexity index is 684. The Morgan fingerprint density at radius 2 is 0.967 bits per heavy atom. The molecule has 0 fully saturated rings. The lowest BCUT2D eigenvalue weighted by atomic mass is 10.1. The van der Waals surface area contributed by atoms with Gasteiger partial charge in [0.05, 0.1) is 11.4 Å². The third kappa shape index (κ3) is 12.1. The van der Waals surface area contributed by atoms with E-state index in [1.165, 1.54) is 12.8 Å². The first-order valence-electron chi connectivity index (χ1n) is 11.2. The highest BCUT2D eigenvalue weighted by molar-refractivity contribution is 4.99. The molecule has 1 aromatic carbocycles. The van der Waals surface area contributed by atoms with Gasteiger partial charge in [0.15, 0.2) is 0 Å². The van der Waals surface area contributed by atoms with Crippen LogP contribution in [0, 0.1) is 11.8 Å². The lowest BCUT2D eigenvalue weighted by molar-refractivity contribution is 0.580. The van der Waals surface area contributed by atoms with Crippen LogP contribution in [0.1, 0.15) is 65.8 Å². The summed E-state index contributed by atoms with van der Waals surface area (Å²) in [7, 11) is 0. The van der Waals surface area contributed by atoms with Crippen LogP contribution in [-0.4, -0.2) is 30.0 Å². The van der Waals surface area contributed by atoms with Crippen LogP contribution in [-0.2, 0) is 25.9 Å². The molecule has 0 aliphatic carbocycles. The summed E-state index contributed by atoms with van der Waals surface area (Å²) in [5.74, 6) is 1.49. The van der Waals surface area contributed by atoms with Crippen molar-refractivity contribution in [3.05, 3.63) is 60.2 Å². The second kappa shape index (κ2) is 15.4. The lowest BCUT2D eigenvalue weighted by Crippen LogP contribution is -1.93. The number of hydrogen-bond acceptors (Lipinski definition) is 4. The first-order valence-corrected chi connectivity index (χ1v) is 11.2. The SMILES string of the molecule is CCn1cc(CCC(C)C)nn1.CCn1cc(CCC(C)C)nn1.c1ccccc1. The lowest BCUT2D eigenvalue weighted by Gasteiger charge is -1.99. The summed E-state index contributed by atoms with van der Waals surface area (Å²) >= 11 is 0. The monoisotopic (exact) mass is 412 g/mol. The zero-order valence-electron chi connectivity index (χ0n) is 19.7. The molecule has 2 heterocycles. The maximum Gasteiger partial charge on any atom is 0.0827 e. The van der Waals surface area contributed by atoms with E-state index in [1.807, 2.05) is 58.2 Å². The molecule has 0 atom stereocenters. The standard InChI is InChI=1S/2C9H17N3.C6H6/c2*1-4-12-7-9(10-11-12)6-5-8(2)3;1-2-4-6-5-3-1/h2*7-8H,4-6H2,1-3H3;1-6H. The van der Waals surface area contributed by atoms with Gasteiger partial charge in [-0.25, -0.2) is 0 Å². The normalized spacial score (nSPS) is 10.4. The minimum Gasteiger partial charge on any atom is -0.253 e. The number of aryl methyl sites for hydroxylation is 4. The number of benzene rings is 1. The van der Waals surface area contributed by atoms with Crippen LogP contribution in [0.2, 0.25) is 0 Å². The Labute approximate surface area is 182 Å². The topological polar surface area (TPSA) is 61.4 Å². The fraction of sp³-hybridized carbons (Fsp3) is 0.583. The van der Waals surface area contributed by atoms with Crippen LogP contribution in [0.15, 0.2) is 48.8 Å². The van der Waals surface area contributed by atoms with E-state index in [9.17, 15) is 0 Å². The van der Waals surface area contributed by atoms with Crippen molar-refractivity contribution in [1.29, 1.82) is 0 Å². The summed E-state index contributed by atoms with van der Waals surface area (Å²) in [5.41, 5.74) is 2.23. The van der Waals surface area contributed by atoms with Gasteiger partial charge in [0, 0.05) is 25.5 Å². The van der Waals surface area contributed by atoms with E-state index in [-0.39, 0.29) is 0 Å². The third-order valence-corrected chi connectivity index (χ3v) is 4.44. The van der Waals surface area contributed by atoms with Gasteiger partial charge in [-0.1, -0.05) is 74.5 Å². The fourth-order valence-corrected chi connectivity index (χ4v) is 2.47. The smallest absolute Gasteiger partial charge is 0.0827 e. The number of hydrogen-bond donors (Lipinski definition) is 0. The molecule has 3 rings (SSSR count). The van der Waals surface area contributed by atoms with Crippen LogP contribution >= 0.6 is 0 Å². The molecule has 2 aromatic heterocycles. The molecule has 0 unspecified atom stereocenters. The minimum atomic E-state index is 0.747. The summed E-state index contributed by atoms with van der Waals surface area (Å²) in [5, 5.41) is 16.1. The molecular formula is C24H40N6. The maximum absolute atomic E-state index is 4.07. The number of nitrogens with zero attached hydrogens (tertiary/aromatic N) is 6. The van der Waals surface area contributed by atoms with E-state index in [0.29, 0.717) is 0 Å². The number of aromatic nitrogens is 6. The highest BCUT2D eigenvalue weighted by Crippen LogP contribution is 2.06. The second-order valence-corrected chi connectivity index (χ2v) is 8.15. The Morgan fingerprint density at radius 1 is 0.633 bits per heavy atom. The van der Waals surface area contributed by atoms with Crippen molar-refractivity contribution >= 4 is 0 Å². The molecule has 6 nitrogen and oxygen atoms in total. The average molecular weight is 413 g/mol. The largest absolute Gasteiger partial charge is 0.253 e. The third-order valence-electron chi connectivity index (χ3n) is 4.44. The summed E-state index contributed by atoms with van der Waals surface area (Å²) in [6, 6.07) is 12.0. The van der Waals surface area contributed by atoms with Gasteiger partial charge in [-0.15, -0.1) is 10.2 Å². The number of rotatable bonds is 8. The Kier molecular flexibility index (Phi) is 13.1. The van der Waals surface area contributed by atoms with E-state index in [0.717, 1.165) is 49.2 Å². The molecule has 0 saturated carbocycles. The van der Waals surface area contributed by atoms with Crippen molar-refractivity contribution in [3.8, 4) is 0 Å². The Hall–Kier alpha value is -2.50. The van der Waals surface area contributed by atoms with Gasteiger partial charge < -0.3 is 0 Å². The predicted molar refractivity (Wildman–Crippen MR) is 124 cm³/mol. The quantitative estimate of drug-likeness (QED) is 0.493. The van der Waals surface area contributed by atoms with Gasteiger partial charge in [0.1, 0.15) is 0 Å². The summed E-state index contributed by atoms with van der Waals surface area (Å²) in [6.45, 7) is 14.9. The van der Waals surface area contributed by atoms with E-state index in [1.54, 1.807) is 0 Å². The van der Waals surface area contributed by atoms with E-state index >= 15 is 0 Å². The molecule has 0 spiro atoms. The summed E-state index contributed by atoms with van der Waals surface area (Å²) in [4.78, 5) is 0. The highest BCUT2D eigenvalue weighted by Gasteiger charge is 2.01. The first-order chi connectivity index (χ1) is 14.4. The summed E-state index contributed by atoms with van der Waals surface area (Å²) < 4.78 is 3.74. The fourth-order valence-electron chi connectivity index (χ4n) is 2.47. The van der Waals surface area contributed by atoms with Crippen LogP contribution in [0.25, 0.3) is 0 Å². The van der Waals surface area contributed by atoms with E-state index < -0.39 is 0 Å². The molecule has 0 aliphatic rings. The van der Waals surface area contributed by atoms with Gasteiger partial charge in [-0.3, -0.25) is 9.36 Å². The molecule has 0 saturated heterocycles. The van der Waals surface area contributed by atoms with Crippen molar-refractivity contribution in [2.75, 3.05) is 0 Å². The first kappa shape index (κ1) is 25.5. The van der Waals surface area contributed by atoms with E-state index in [4.69, 9.17) is 0 Å². The molecule has 30 heavy (non-hydrogen) atoms. The maximum atomic E-state index is 4.07. The molecule has 0 amide bonds. The molecule has 0 N–H and O–H groups in total. The average Bonchev–Trinajstić information content (AvgIpc) is 3.42. The van der Waals surface area contributed by atoms with Crippen molar-refractivity contribution in [2.45, 2.75) is 80.3 Å². The van der Waals surface area contributed by atoms with Gasteiger partial charge in [0.25, 0.3) is 0 Å². The van der Waals surface area contributed by atoms with Crippen molar-refractivity contribution < 1.29 is 0 Å².